The lowest BCUT2D eigenvalue weighted by atomic mass is 9.89. The Morgan fingerprint density at radius 3 is 2.44 bits per heavy atom. The number of halogens is 1. The van der Waals surface area contributed by atoms with Gasteiger partial charge < -0.3 is 10.1 Å². The Bertz CT molecular complexity index is 1290. The van der Waals surface area contributed by atoms with Gasteiger partial charge in [0.15, 0.2) is 0 Å². The predicted molar refractivity (Wildman–Crippen MR) is 134 cm³/mol. The molecule has 1 aliphatic heterocycles. The topological polar surface area (TPSA) is 75.7 Å². The average Bonchev–Trinajstić information content (AvgIpc) is 2.78. The highest BCUT2D eigenvalue weighted by Crippen LogP contribution is 2.40. The number of hydrogen-bond acceptors (Lipinski definition) is 4. The second-order valence-electron chi connectivity index (χ2n) is 9.03. The number of para-hydroxylation sites is 1. The molecule has 1 amide bonds. The van der Waals surface area contributed by atoms with E-state index in [2.05, 4.69) is 5.32 Å². The Morgan fingerprint density at radius 1 is 1.09 bits per heavy atom. The zero-order valence-electron chi connectivity index (χ0n) is 19.3. The molecule has 1 N–H and O–H groups in total. The first-order valence-electron chi connectivity index (χ1n) is 11.0. The lowest BCUT2D eigenvalue weighted by molar-refractivity contribution is -0.120. The Kier molecular flexibility index (Phi) is 6.60. The van der Waals surface area contributed by atoms with Gasteiger partial charge in [0.1, 0.15) is 17.9 Å². The van der Waals surface area contributed by atoms with Crippen molar-refractivity contribution in [3.8, 4) is 5.75 Å². The van der Waals surface area contributed by atoms with E-state index in [0.717, 1.165) is 21.2 Å². The number of sulfonamides is 1. The van der Waals surface area contributed by atoms with Crippen LogP contribution in [0.2, 0.25) is 5.02 Å². The van der Waals surface area contributed by atoms with E-state index >= 15 is 0 Å². The average molecular weight is 499 g/mol. The summed E-state index contributed by atoms with van der Waals surface area (Å²) in [6, 6.07) is 20.1. The van der Waals surface area contributed by atoms with E-state index in [1.807, 2.05) is 39.0 Å². The van der Waals surface area contributed by atoms with Crippen molar-refractivity contribution < 1.29 is 17.9 Å². The lowest BCUT2D eigenvalue weighted by Crippen LogP contribution is -2.45. The van der Waals surface area contributed by atoms with Gasteiger partial charge in [-0.1, -0.05) is 47.5 Å². The number of ether oxygens (including phenoxy) is 1. The van der Waals surface area contributed by atoms with Gasteiger partial charge >= 0.3 is 0 Å². The van der Waals surface area contributed by atoms with Gasteiger partial charge in [0.2, 0.25) is 5.91 Å². The van der Waals surface area contributed by atoms with Crippen LogP contribution in [0, 0.1) is 6.92 Å². The van der Waals surface area contributed by atoms with Gasteiger partial charge in [0, 0.05) is 17.0 Å². The van der Waals surface area contributed by atoms with Crippen molar-refractivity contribution in [2.75, 3.05) is 10.8 Å². The van der Waals surface area contributed by atoms with Crippen LogP contribution in [0.4, 0.5) is 5.69 Å². The van der Waals surface area contributed by atoms with Gasteiger partial charge in [-0.2, -0.15) is 0 Å². The number of nitrogens with one attached hydrogen (secondary N) is 1. The summed E-state index contributed by atoms with van der Waals surface area (Å²) in [5.41, 5.74) is 1.86. The number of nitrogens with zero attached hydrogens (tertiary/aromatic N) is 1. The minimum Gasteiger partial charge on any atom is -0.487 e. The third kappa shape index (κ3) is 5.21. The SMILES string of the molecule is Cc1ccc2c(c1)C(NC(=O)CN(c1ccccc1)S(=O)(=O)c1ccc(Cl)cc1)CC(C)(C)O2. The van der Waals surface area contributed by atoms with Crippen LogP contribution in [-0.4, -0.2) is 26.5 Å². The second-order valence-corrected chi connectivity index (χ2v) is 11.3. The van der Waals surface area contributed by atoms with Crippen molar-refractivity contribution in [2.45, 2.75) is 43.7 Å². The summed E-state index contributed by atoms with van der Waals surface area (Å²) in [7, 11) is -4.01. The molecule has 1 atom stereocenters. The van der Waals surface area contributed by atoms with E-state index in [4.69, 9.17) is 16.3 Å². The van der Waals surface area contributed by atoms with Crippen LogP contribution < -0.4 is 14.4 Å². The summed E-state index contributed by atoms with van der Waals surface area (Å²) in [6.07, 6.45) is 0.560. The van der Waals surface area contributed by atoms with E-state index in [-0.39, 0.29) is 17.5 Å². The largest absolute Gasteiger partial charge is 0.487 e. The highest BCUT2D eigenvalue weighted by Gasteiger charge is 2.35. The van der Waals surface area contributed by atoms with Gasteiger partial charge in [0.25, 0.3) is 10.0 Å². The number of aryl methyl sites for hydroxylation is 1. The fourth-order valence-electron chi connectivity index (χ4n) is 4.12. The minimum absolute atomic E-state index is 0.0572. The summed E-state index contributed by atoms with van der Waals surface area (Å²) >= 11 is 5.94. The van der Waals surface area contributed by atoms with Crippen LogP contribution in [0.5, 0.6) is 5.75 Å². The maximum atomic E-state index is 13.5. The zero-order valence-corrected chi connectivity index (χ0v) is 20.9. The summed E-state index contributed by atoms with van der Waals surface area (Å²) in [5, 5.41) is 3.47. The van der Waals surface area contributed by atoms with Crippen molar-refractivity contribution in [3.05, 3.63) is 88.9 Å². The molecule has 0 fully saturated rings. The maximum absolute atomic E-state index is 13.5. The van der Waals surface area contributed by atoms with Gasteiger partial charge in [0.05, 0.1) is 16.6 Å². The number of amides is 1. The van der Waals surface area contributed by atoms with Gasteiger partial charge in [-0.05, 0) is 63.2 Å². The molecule has 0 aliphatic carbocycles. The Labute approximate surface area is 205 Å². The number of fused-ring (bicyclic) bond motifs is 1. The van der Waals surface area contributed by atoms with Gasteiger partial charge in [-0.25, -0.2) is 8.42 Å². The Morgan fingerprint density at radius 2 is 1.76 bits per heavy atom. The number of carbonyl (C=O) groups is 1. The van der Waals surface area contributed by atoms with Gasteiger partial charge in [-0.15, -0.1) is 0 Å². The molecular weight excluding hydrogens is 472 g/mol. The molecule has 4 rings (SSSR count). The molecule has 0 radical (unpaired) electrons. The molecule has 8 heteroatoms. The Hall–Kier alpha value is -3.03. The van der Waals surface area contributed by atoms with Crippen molar-refractivity contribution in [3.63, 3.8) is 0 Å². The molecule has 1 aliphatic rings. The highest BCUT2D eigenvalue weighted by atomic mass is 35.5. The maximum Gasteiger partial charge on any atom is 0.264 e. The molecular formula is C26H27ClN2O4S. The van der Waals surface area contributed by atoms with E-state index in [9.17, 15) is 13.2 Å². The Balaban J connectivity index is 1.64. The summed E-state index contributed by atoms with van der Waals surface area (Å²) in [6.45, 7) is 5.55. The van der Waals surface area contributed by atoms with Crippen LogP contribution in [0.25, 0.3) is 0 Å². The van der Waals surface area contributed by atoms with E-state index in [0.29, 0.717) is 17.1 Å². The third-order valence-corrected chi connectivity index (χ3v) is 7.73. The molecule has 0 saturated carbocycles. The first-order valence-corrected chi connectivity index (χ1v) is 12.8. The van der Waals surface area contributed by atoms with E-state index in [1.165, 1.54) is 24.3 Å². The number of benzene rings is 3. The van der Waals surface area contributed by atoms with E-state index < -0.39 is 21.5 Å². The first kappa shape index (κ1) is 24.1. The fourth-order valence-corrected chi connectivity index (χ4v) is 5.66. The molecule has 6 nitrogen and oxygen atoms in total. The molecule has 3 aromatic rings. The minimum atomic E-state index is -4.01. The molecule has 178 valence electrons. The number of carbonyl (C=O) groups excluding carboxylic acids is 1. The molecule has 34 heavy (non-hydrogen) atoms. The van der Waals surface area contributed by atoms with Crippen molar-refractivity contribution >= 4 is 33.2 Å². The van der Waals surface area contributed by atoms with Crippen LogP contribution in [0.1, 0.15) is 37.4 Å². The monoisotopic (exact) mass is 498 g/mol. The van der Waals surface area contributed by atoms with Crippen molar-refractivity contribution in [1.29, 1.82) is 0 Å². The third-order valence-electron chi connectivity index (χ3n) is 5.69. The predicted octanol–water partition coefficient (Wildman–Crippen LogP) is 5.26. The summed E-state index contributed by atoms with van der Waals surface area (Å²) < 4.78 is 34.2. The molecule has 0 spiro atoms. The van der Waals surface area contributed by atoms with Crippen molar-refractivity contribution in [1.82, 2.24) is 5.32 Å². The number of anilines is 1. The van der Waals surface area contributed by atoms with Crippen LogP contribution in [0.3, 0.4) is 0 Å². The van der Waals surface area contributed by atoms with Crippen molar-refractivity contribution in [2.24, 2.45) is 0 Å². The molecule has 0 bridgehead atoms. The normalized spacial score (nSPS) is 16.8. The summed E-state index contributed by atoms with van der Waals surface area (Å²) in [4.78, 5) is 13.3. The molecule has 0 aromatic heterocycles. The zero-order chi connectivity index (χ0) is 24.5. The lowest BCUT2D eigenvalue weighted by Gasteiger charge is -2.38. The smallest absolute Gasteiger partial charge is 0.264 e. The van der Waals surface area contributed by atoms with Crippen LogP contribution in [-0.2, 0) is 14.8 Å². The number of hydrogen-bond donors (Lipinski definition) is 1. The second kappa shape index (κ2) is 9.31. The van der Waals surface area contributed by atoms with Crippen LogP contribution >= 0.6 is 11.6 Å². The highest BCUT2D eigenvalue weighted by molar-refractivity contribution is 7.92. The summed E-state index contributed by atoms with van der Waals surface area (Å²) in [5.74, 6) is 0.317. The van der Waals surface area contributed by atoms with E-state index in [1.54, 1.807) is 30.3 Å². The first-order chi connectivity index (χ1) is 16.0. The van der Waals surface area contributed by atoms with Gasteiger partial charge in [-0.3, -0.25) is 9.10 Å². The fraction of sp³-hybridized carbons (Fsp3) is 0.269. The number of rotatable bonds is 6. The molecule has 1 heterocycles. The molecule has 0 saturated heterocycles. The molecule has 3 aromatic carbocycles. The van der Waals surface area contributed by atoms with Crippen LogP contribution in [0.15, 0.2) is 77.7 Å². The quantitative estimate of drug-likeness (QED) is 0.503. The molecule has 1 unspecified atom stereocenters. The standard InChI is InChI=1S/C26H27ClN2O4S/c1-18-9-14-24-22(15-18)23(16-26(2,3)33-24)28-25(30)17-29(20-7-5-4-6-8-20)34(31,32)21-12-10-19(27)11-13-21/h4-15,23H,16-17H2,1-3H3,(H,28,30).